The van der Waals surface area contributed by atoms with Gasteiger partial charge in [-0.1, -0.05) is 35.0 Å². The minimum absolute atomic E-state index is 0.0493. The molecule has 2 amide bonds. The number of halogens is 2. The summed E-state index contributed by atoms with van der Waals surface area (Å²) in [6.45, 7) is 1.79. The Hall–Kier alpha value is -3.08. The maximum absolute atomic E-state index is 12.4. The molecule has 3 aromatic rings. The van der Waals surface area contributed by atoms with Crippen LogP contribution in [-0.4, -0.2) is 45.4 Å². The van der Waals surface area contributed by atoms with E-state index in [2.05, 4.69) is 25.6 Å². The fraction of sp³-hybridized carbons (Fsp3) is 0.227. The topological polar surface area (TPSA) is 115 Å². The Labute approximate surface area is 210 Å². The van der Waals surface area contributed by atoms with Crippen LogP contribution in [0.15, 0.2) is 47.6 Å². The lowest BCUT2D eigenvalue weighted by Gasteiger charge is -2.13. The Bertz CT molecular complexity index is 1220. The molecule has 0 unspecified atom stereocenters. The fourth-order valence-corrected chi connectivity index (χ4v) is 4.01. The first-order chi connectivity index (χ1) is 16.2. The van der Waals surface area contributed by atoms with Gasteiger partial charge in [-0.3, -0.25) is 9.59 Å². The zero-order valence-electron chi connectivity index (χ0n) is 18.5. The van der Waals surface area contributed by atoms with Crippen molar-refractivity contribution >= 4 is 58.4 Å². The molecule has 0 aliphatic rings. The molecule has 1 heterocycles. The number of rotatable bonds is 8. The molecule has 2 N–H and O–H groups in total. The summed E-state index contributed by atoms with van der Waals surface area (Å²) < 4.78 is 6.39. The van der Waals surface area contributed by atoms with Gasteiger partial charge in [0.15, 0.2) is 11.0 Å². The van der Waals surface area contributed by atoms with Crippen molar-refractivity contribution in [2.45, 2.75) is 18.1 Å². The van der Waals surface area contributed by atoms with Crippen LogP contribution in [-0.2, 0) is 16.6 Å². The van der Waals surface area contributed by atoms with Gasteiger partial charge in [-0.15, -0.1) is 10.2 Å². The predicted molar refractivity (Wildman–Crippen MR) is 130 cm³/mol. The molecule has 9 nitrogen and oxygen atoms in total. The summed E-state index contributed by atoms with van der Waals surface area (Å²) in [5, 5.41) is 15.1. The van der Waals surface area contributed by atoms with Gasteiger partial charge in [-0.25, -0.2) is 4.79 Å². The van der Waals surface area contributed by atoms with Gasteiger partial charge in [-0.05, 0) is 49.4 Å². The molecule has 1 aromatic heterocycles. The van der Waals surface area contributed by atoms with Crippen LogP contribution in [0.1, 0.15) is 39.5 Å². The molecule has 0 aliphatic heterocycles. The number of benzene rings is 2. The highest BCUT2D eigenvalue weighted by Gasteiger charge is 2.19. The van der Waals surface area contributed by atoms with Crippen molar-refractivity contribution in [2.75, 3.05) is 18.2 Å². The number of amides is 2. The number of nitrogens with one attached hydrogen (secondary N) is 2. The number of carbonyl (C=O) groups excluding carboxylic acids is 3. The zero-order valence-corrected chi connectivity index (χ0v) is 20.8. The predicted octanol–water partition coefficient (Wildman–Crippen LogP) is 4.13. The van der Waals surface area contributed by atoms with Crippen molar-refractivity contribution in [3.05, 3.63) is 69.5 Å². The van der Waals surface area contributed by atoms with Gasteiger partial charge in [0.1, 0.15) is 0 Å². The van der Waals surface area contributed by atoms with E-state index in [1.165, 1.54) is 31.0 Å². The van der Waals surface area contributed by atoms with Crippen LogP contribution >= 0.6 is 35.0 Å². The molecule has 0 saturated carbocycles. The summed E-state index contributed by atoms with van der Waals surface area (Å²) >= 11 is 13.0. The van der Waals surface area contributed by atoms with Gasteiger partial charge in [-0.2, -0.15) is 0 Å². The SMILES string of the molecule is COC(=O)c1cc(NC(=O)CSc2nnc([C@H](C)NC(=O)c3ccc(Cl)cc3)n2C)ccc1Cl. The minimum Gasteiger partial charge on any atom is -0.465 e. The molecule has 3 rings (SSSR count). The maximum Gasteiger partial charge on any atom is 0.339 e. The second kappa shape index (κ2) is 11.4. The molecule has 0 aliphatic carbocycles. The second-order valence-electron chi connectivity index (χ2n) is 7.12. The molecule has 0 bridgehead atoms. The van der Waals surface area contributed by atoms with Crippen molar-refractivity contribution in [3.63, 3.8) is 0 Å². The van der Waals surface area contributed by atoms with Crippen LogP contribution < -0.4 is 10.6 Å². The van der Waals surface area contributed by atoms with E-state index in [1.54, 1.807) is 48.9 Å². The average Bonchev–Trinajstić information content (AvgIpc) is 3.19. The number of esters is 1. The third kappa shape index (κ3) is 6.28. The normalized spacial score (nSPS) is 11.6. The maximum atomic E-state index is 12.4. The first-order valence-corrected chi connectivity index (χ1v) is 11.7. The molecule has 1 atom stereocenters. The van der Waals surface area contributed by atoms with Crippen molar-refractivity contribution in [1.82, 2.24) is 20.1 Å². The van der Waals surface area contributed by atoms with Gasteiger partial charge in [0, 0.05) is 23.3 Å². The van der Waals surface area contributed by atoms with E-state index in [0.29, 0.717) is 27.3 Å². The Morgan fingerprint density at radius 1 is 1.12 bits per heavy atom. The number of thioether (sulfide) groups is 1. The highest BCUT2D eigenvalue weighted by molar-refractivity contribution is 7.99. The molecular weight excluding hydrogens is 501 g/mol. The number of hydrogen-bond acceptors (Lipinski definition) is 7. The number of nitrogens with zero attached hydrogens (tertiary/aromatic N) is 3. The van der Waals surface area contributed by atoms with Gasteiger partial charge < -0.3 is 19.9 Å². The molecule has 0 spiro atoms. The summed E-state index contributed by atoms with van der Waals surface area (Å²) in [6.07, 6.45) is 0. The fourth-order valence-electron chi connectivity index (χ4n) is 2.97. The van der Waals surface area contributed by atoms with Crippen LogP contribution in [0.2, 0.25) is 10.0 Å². The van der Waals surface area contributed by atoms with Gasteiger partial charge in [0.25, 0.3) is 5.91 Å². The second-order valence-corrected chi connectivity index (χ2v) is 8.91. The Morgan fingerprint density at radius 2 is 1.82 bits per heavy atom. The Morgan fingerprint density at radius 3 is 2.50 bits per heavy atom. The van der Waals surface area contributed by atoms with Crippen LogP contribution in [0.4, 0.5) is 5.69 Å². The number of ether oxygens (including phenoxy) is 1. The van der Waals surface area contributed by atoms with Gasteiger partial charge >= 0.3 is 5.97 Å². The number of anilines is 1. The van der Waals surface area contributed by atoms with E-state index in [4.69, 9.17) is 23.2 Å². The summed E-state index contributed by atoms with van der Waals surface area (Å²) in [4.78, 5) is 36.6. The van der Waals surface area contributed by atoms with Crippen molar-refractivity contribution in [2.24, 2.45) is 7.05 Å². The van der Waals surface area contributed by atoms with Crippen LogP contribution in [0.3, 0.4) is 0 Å². The highest BCUT2D eigenvalue weighted by atomic mass is 35.5. The third-order valence-electron chi connectivity index (χ3n) is 4.70. The van der Waals surface area contributed by atoms with Gasteiger partial charge in [0.05, 0.1) is 29.5 Å². The standard InChI is InChI=1S/C22H21Cl2N5O4S/c1-12(25-20(31)13-4-6-14(23)7-5-13)19-27-28-22(29(19)2)34-11-18(30)26-15-8-9-17(24)16(10-15)21(32)33-3/h4-10,12H,11H2,1-3H3,(H,25,31)(H,26,30)/t12-/m0/s1. The molecule has 0 saturated heterocycles. The zero-order chi connectivity index (χ0) is 24.8. The lowest BCUT2D eigenvalue weighted by atomic mass is 10.2. The molecule has 0 fully saturated rings. The molecule has 2 aromatic carbocycles. The lowest BCUT2D eigenvalue weighted by Crippen LogP contribution is -2.28. The quantitative estimate of drug-likeness (QED) is 0.338. The summed E-state index contributed by atoms with van der Waals surface area (Å²) in [5.41, 5.74) is 1.04. The van der Waals surface area contributed by atoms with E-state index >= 15 is 0 Å². The van der Waals surface area contributed by atoms with E-state index in [-0.39, 0.29) is 28.2 Å². The number of carbonyl (C=O) groups is 3. The summed E-state index contributed by atoms with van der Waals surface area (Å²) in [5.74, 6) is -0.593. The third-order valence-corrected chi connectivity index (χ3v) is 6.30. The Balaban J connectivity index is 1.58. The summed E-state index contributed by atoms with van der Waals surface area (Å²) in [7, 11) is 3.00. The van der Waals surface area contributed by atoms with Crippen molar-refractivity contribution in [1.29, 1.82) is 0 Å². The molecule has 34 heavy (non-hydrogen) atoms. The van der Waals surface area contributed by atoms with E-state index in [0.717, 1.165) is 0 Å². The molecule has 178 valence electrons. The Kier molecular flexibility index (Phi) is 8.54. The highest BCUT2D eigenvalue weighted by Crippen LogP contribution is 2.23. The molecule has 12 heteroatoms. The van der Waals surface area contributed by atoms with E-state index in [1.807, 2.05) is 0 Å². The number of methoxy groups -OCH3 is 1. The van der Waals surface area contributed by atoms with E-state index < -0.39 is 12.0 Å². The lowest BCUT2D eigenvalue weighted by molar-refractivity contribution is -0.113. The van der Waals surface area contributed by atoms with Crippen molar-refractivity contribution in [3.8, 4) is 0 Å². The number of hydrogen-bond donors (Lipinski definition) is 2. The molecule has 0 radical (unpaired) electrons. The molecular formula is C22H21Cl2N5O4S. The van der Waals surface area contributed by atoms with Crippen molar-refractivity contribution < 1.29 is 19.1 Å². The minimum atomic E-state index is -0.598. The van der Waals surface area contributed by atoms with Gasteiger partial charge in [0.2, 0.25) is 5.91 Å². The van der Waals surface area contributed by atoms with Crippen LogP contribution in [0.5, 0.6) is 0 Å². The number of aromatic nitrogens is 3. The van der Waals surface area contributed by atoms with Crippen LogP contribution in [0.25, 0.3) is 0 Å². The monoisotopic (exact) mass is 521 g/mol. The first-order valence-electron chi connectivity index (χ1n) is 9.95. The smallest absolute Gasteiger partial charge is 0.339 e. The average molecular weight is 522 g/mol. The van der Waals surface area contributed by atoms with Crippen LogP contribution in [0, 0.1) is 0 Å². The summed E-state index contributed by atoms with van der Waals surface area (Å²) in [6, 6.07) is 10.7. The van der Waals surface area contributed by atoms with E-state index in [9.17, 15) is 14.4 Å². The first kappa shape index (κ1) is 25.5. The largest absolute Gasteiger partial charge is 0.465 e.